The Kier molecular flexibility index (Phi) is 5.98. The molecular formula is C19H29ClO. The lowest BCUT2D eigenvalue weighted by Crippen LogP contribution is -2.16. The number of halogens is 1. The molecule has 0 amide bonds. The Morgan fingerprint density at radius 2 is 1.90 bits per heavy atom. The van der Waals surface area contributed by atoms with Gasteiger partial charge in [0.05, 0.1) is 11.6 Å². The van der Waals surface area contributed by atoms with Crippen molar-refractivity contribution in [3.8, 4) is 5.75 Å². The highest BCUT2D eigenvalue weighted by Crippen LogP contribution is 2.43. The molecule has 0 heterocycles. The first-order chi connectivity index (χ1) is 10.2. The van der Waals surface area contributed by atoms with Crippen LogP contribution in [0.2, 0.25) is 5.02 Å². The second kappa shape index (κ2) is 7.54. The fourth-order valence-corrected chi connectivity index (χ4v) is 3.44. The van der Waals surface area contributed by atoms with E-state index >= 15 is 0 Å². The fourth-order valence-electron chi connectivity index (χ4n) is 3.21. The van der Waals surface area contributed by atoms with Crippen LogP contribution in [-0.4, -0.2) is 6.61 Å². The monoisotopic (exact) mass is 308 g/mol. The molecule has 0 N–H and O–H groups in total. The van der Waals surface area contributed by atoms with Crippen molar-refractivity contribution in [1.82, 2.24) is 0 Å². The summed E-state index contributed by atoms with van der Waals surface area (Å²) in [5.74, 6) is 3.12. The predicted molar refractivity (Wildman–Crippen MR) is 91.5 cm³/mol. The van der Waals surface area contributed by atoms with Crippen LogP contribution in [0.25, 0.3) is 0 Å². The molecule has 2 heteroatoms. The first-order valence-electron chi connectivity index (χ1n) is 8.61. The zero-order chi connectivity index (χ0) is 15.4. The quantitative estimate of drug-likeness (QED) is 0.640. The zero-order valence-corrected chi connectivity index (χ0v) is 14.7. The van der Waals surface area contributed by atoms with Gasteiger partial charge in [-0.1, -0.05) is 45.4 Å². The highest BCUT2D eigenvalue weighted by atomic mass is 35.5. The average Bonchev–Trinajstić information content (AvgIpc) is 3.31. The third kappa shape index (κ3) is 3.94. The van der Waals surface area contributed by atoms with Gasteiger partial charge in [-0.2, -0.15) is 0 Å². The molecule has 0 bridgehead atoms. The van der Waals surface area contributed by atoms with E-state index in [0.717, 1.165) is 29.7 Å². The second-order valence-corrected chi connectivity index (χ2v) is 6.85. The first-order valence-corrected chi connectivity index (χ1v) is 8.98. The molecule has 1 atom stereocenters. The molecule has 0 aliphatic heterocycles. The van der Waals surface area contributed by atoms with E-state index in [9.17, 15) is 0 Å². The van der Waals surface area contributed by atoms with E-state index in [0.29, 0.717) is 11.8 Å². The van der Waals surface area contributed by atoms with Gasteiger partial charge in [-0.15, -0.1) is 0 Å². The van der Waals surface area contributed by atoms with Gasteiger partial charge < -0.3 is 4.74 Å². The number of hydrogen-bond donors (Lipinski definition) is 0. The van der Waals surface area contributed by atoms with Gasteiger partial charge in [0.15, 0.2) is 0 Å². The Bertz CT molecular complexity index is 463. The Morgan fingerprint density at radius 3 is 2.52 bits per heavy atom. The van der Waals surface area contributed by atoms with Gasteiger partial charge >= 0.3 is 0 Å². The average molecular weight is 309 g/mol. The fraction of sp³-hybridized carbons (Fsp3) is 0.684. The summed E-state index contributed by atoms with van der Waals surface area (Å²) >= 11 is 6.37. The van der Waals surface area contributed by atoms with Gasteiger partial charge in [-0.25, -0.2) is 0 Å². The topological polar surface area (TPSA) is 9.23 Å². The number of ether oxygens (including phenoxy) is 1. The minimum Gasteiger partial charge on any atom is -0.491 e. The molecule has 3 rings (SSSR count). The van der Waals surface area contributed by atoms with E-state index in [2.05, 4.69) is 19.9 Å². The summed E-state index contributed by atoms with van der Waals surface area (Å²) in [6, 6.07) is 4.26. The second-order valence-electron chi connectivity index (χ2n) is 6.44. The molecule has 2 aliphatic rings. The van der Waals surface area contributed by atoms with Crippen LogP contribution in [-0.2, 0) is 6.42 Å². The van der Waals surface area contributed by atoms with Crippen LogP contribution in [0.1, 0.15) is 70.4 Å². The summed E-state index contributed by atoms with van der Waals surface area (Å²) in [6.07, 6.45) is 6.33. The third-order valence-corrected chi connectivity index (χ3v) is 4.85. The third-order valence-electron chi connectivity index (χ3n) is 4.56. The molecular weight excluding hydrogens is 280 g/mol. The summed E-state index contributed by atoms with van der Waals surface area (Å²) in [5, 5.41) is 0.795. The van der Waals surface area contributed by atoms with Gasteiger partial charge in [0.25, 0.3) is 0 Å². The summed E-state index contributed by atoms with van der Waals surface area (Å²) in [4.78, 5) is 0. The minimum absolute atomic E-state index is 0.671. The molecule has 21 heavy (non-hydrogen) atoms. The first kappa shape index (κ1) is 16.7. The van der Waals surface area contributed by atoms with Crippen LogP contribution in [0.3, 0.4) is 0 Å². The summed E-state index contributed by atoms with van der Waals surface area (Å²) in [6.45, 7) is 9.49. The van der Waals surface area contributed by atoms with Crippen LogP contribution < -0.4 is 4.74 Å². The van der Waals surface area contributed by atoms with Crippen molar-refractivity contribution >= 4 is 11.6 Å². The molecule has 1 unspecified atom stereocenters. The molecule has 0 spiro atoms. The molecule has 0 radical (unpaired) electrons. The number of hydrogen-bond acceptors (Lipinski definition) is 1. The number of fused-ring (bicyclic) bond motifs is 1. The highest BCUT2D eigenvalue weighted by Gasteiger charge is 2.28. The van der Waals surface area contributed by atoms with Gasteiger partial charge in [0.1, 0.15) is 5.75 Å². The van der Waals surface area contributed by atoms with Crippen LogP contribution in [0.15, 0.2) is 12.1 Å². The Hall–Kier alpha value is -0.690. The maximum atomic E-state index is 6.37. The maximum Gasteiger partial charge on any atom is 0.141 e. The van der Waals surface area contributed by atoms with E-state index in [-0.39, 0.29) is 0 Å². The lowest BCUT2D eigenvalue weighted by Gasteiger charge is -2.30. The molecule has 1 fully saturated rings. The molecule has 1 aromatic rings. The molecule has 1 aromatic carbocycles. The van der Waals surface area contributed by atoms with E-state index < -0.39 is 0 Å². The van der Waals surface area contributed by atoms with Crippen LogP contribution in [0.5, 0.6) is 5.75 Å². The maximum absolute atomic E-state index is 6.37. The normalized spacial score (nSPS) is 20.6. The Labute approximate surface area is 135 Å². The Morgan fingerprint density at radius 1 is 1.19 bits per heavy atom. The van der Waals surface area contributed by atoms with Gasteiger partial charge in [-0.05, 0) is 67.1 Å². The predicted octanol–water partition coefficient (Wildman–Crippen LogP) is 6.23. The van der Waals surface area contributed by atoms with Crippen LogP contribution in [0, 0.1) is 11.8 Å². The van der Waals surface area contributed by atoms with E-state index in [1.165, 1.54) is 36.8 Å². The summed E-state index contributed by atoms with van der Waals surface area (Å²) in [7, 11) is 0. The molecule has 1 saturated carbocycles. The smallest absolute Gasteiger partial charge is 0.141 e. The zero-order valence-electron chi connectivity index (χ0n) is 13.9. The van der Waals surface area contributed by atoms with Crippen molar-refractivity contribution in [2.45, 2.75) is 65.7 Å². The molecule has 0 saturated heterocycles. The largest absolute Gasteiger partial charge is 0.491 e. The molecule has 1 nitrogen and oxygen atoms in total. The van der Waals surface area contributed by atoms with Gasteiger partial charge in [0.2, 0.25) is 0 Å². The van der Waals surface area contributed by atoms with Gasteiger partial charge in [-0.3, -0.25) is 0 Å². The highest BCUT2D eigenvalue weighted by molar-refractivity contribution is 6.32. The summed E-state index contributed by atoms with van der Waals surface area (Å²) < 4.78 is 6.06. The minimum atomic E-state index is 0.671. The van der Waals surface area contributed by atoms with Crippen LogP contribution in [0.4, 0.5) is 0 Å². The SMILES string of the molecule is CC.CC(C)C1CCCc2c1ccc(Cl)c2OCC1CC1. The number of benzene rings is 1. The Balaban J connectivity index is 0.000000774. The number of rotatable bonds is 4. The van der Waals surface area contributed by atoms with Crippen molar-refractivity contribution in [2.24, 2.45) is 11.8 Å². The van der Waals surface area contributed by atoms with Crippen molar-refractivity contribution < 1.29 is 4.74 Å². The molecule has 0 aromatic heterocycles. The standard InChI is InChI=1S/C17H23ClO.C2H6/c1-11(2)13-4-3-5-15-14(13)8-9-16(18)17(15)19-10-12-6-7-12;1-2/h8-9,11-13H,3-7,10H2,1-2H3;1-2H3. The van der Waals surface area contributed by atoms with Crippen LogP contribution >= 0.6 is 11.6 Å². The molecule has 2 aliphatic carbocycles. The van der Waals surface area contributed by atoms with Crippen molar-refractivity contribution in [2.75, 3.05) is 6.61 Å². The van der Waals surface area contributed by atoms with E-state index in [1.54, 1.807) is 0 Å². The van der Waals surface area contributed by atoms with E-state index in [1.807, 2.05) is 19.9 Å². The summed E-state index contributed by atoms with van der Waals surface area (Å²) in [5.41, 5.74) is 2.87. The van der Waals surface area contributed by atoms with Crippen molar-refractivity contribution in [3.63, 3.8) is 0 Å². The van der Waals surface area contributed by atoms with Crippen molar-refractivity contribution in [3.05, 3.63) is 28.3 Å². The van der Waals surface area contributed by atoms with Crippen molar-refractivity contribution in [1.29, 1.82) is 0 Å². The lowest BCUT2D eigenvalue weighted by molar-refractivity contribution is 0.293. The molecule has 118 valence electrons. The van der Waals surface area contributed by atoms with Gasteiger partial charge in [0, 0.05) is 0 Å². The van der Waals surface area contributed by atoms with E-state index in [4.69, 9.17) is 16.3 Å². The lowest BCUT2D eigenvalue weighted by atomic mass is 9.77.